The lowest BCUT2D eigenvalue weighted by atomic mass is 9.83. The molecule has 4 aromatic rings. The lowest BCUT2D eigenvalue weighted by molar-refractivity contribution is -0.137. The van der Waals surface area contributed by atoms with Crippen molar-refractivity contribution in [3.8, 4) is 11.5 Å². The number of methoxy groups -OCH3 is 2. The molecule has 1 fully saturated rings. The van der Waals surface area contributed by atoms with Crippen LogP contribution in [-0.4, -0.2) is 50.2 Å². The molecular weight excluding hydrogens is 710 g/mol. The molecule has 49 heavy (non-hydrogen) atoms. The molecule has 2 aliphatic heterocycles. The van der Waals surface area contributed by atoms with Gasteiger partial charge in [-0.3, -0.25) is 23.7 Å². The maximum Gasteiger partial charge on any atom is 0.416 e. The lowest BCUT2D eigenvalue weighted by Crippen LogP contribution is -2.33. The van der Waals surface area contributed by atoms with Crippen molar-refractivity contribution in [1.82, 2.24) is 4.57 Å². The molecule has 3 aromatic carbocycles. The Labute approximate surface area is 284 Å². The van der Waals surface area contributed by atoms with Crippen LogP contribution in [0.15, 0.2) is 81.4 Å². The third-order valence-corrected chi connectivity index (χ3v) is 11.5. The van der Waals surface area contributed by atoms with E-state index in [1.165, 1.54) is 44.6 Å². The predicted molar refractivity (Wildman–Crippen MR) is 173 cm³/mol. The van der Waals surface area contributed by atoms with E-state index in [0.717, 1.165) is 50.8 Å². The van der Waals surface area contributed by atoms with Crippen LogP contribution in [-0.2, 0) is 37.1 Å². The molecule has 0 saturated carbocycles. The molecule has 3 heterocycles. The number of imide groups is 1. The van der Waals surface area contributed by atoms with E-state index >= 15 is 0 Å². The Hall–Kier alpha value is -4.65. The first-order chi connectivity index (χ1) is 23.1. The highest BCUT2D eigenvalue weighted by molar-refractivity contribution is 8.00. The van der Waals surface area contributed by atoms with E-state index in [1.54, 1.807) is 18.2 Å². The summed E-state index contributed by atoms with van der Waals surface area (Å²) < 4.78 is 75.8. The molecule has 2 aliphatic rings. The molecule has 3 amide bonds. The lowest BCUT2D eigenvalue weighted by Gasteiger charge is -2.31. The van der Waals surface area contributed by atoms with E-state index in [1.807, 2.05) is 0 Å². The molecule has 0 spiro atoms. The summed E-state index contributed by atoms with van der Waals surface area (Å²) in [5.41, 5.74) is -0.602. The average molecular weight is 735 g/mol. The number of thiazole rings is 1. The number of rotatable bonds is 8. The highest BCUT2D eigenvalue weighted by Crippen LogP contribution is 2.54. The summed E-state index contributed by atoms with van der Waals surface area (Å²) in [6.45, 7) is -0.510. The number of primary sulfonamides is 1. The summed E-state index contributed by atoms with van der Waals surface area (Å²) in [6.07, 6.45) is -4.73. The smallest absolute Gasteiger partial charge is 0.416 e. The van der Waals surface area contributed by atoms with Gasteiger partial charge in [0.15, 0.2) is 11.5 Å². The van der Waals surface area contributed by atoms with Gasteiger partial charge in [0.1, 0.15) is 11.8 Å². The van der Waals surface area contributed by atoms with Crippen molar-refractivity contribution >= 4 is 62.2 Å². The van der Waals surface area contributed by atoms with Crippen molar-refractivity contribution in [3.05, 3.63) is 92.4 Å². The monoisotopic (exact) mass is 734 g/mol. The molecule has 0 unspecified atom stereocenters. The normalized spacial score (nSPS) is 19.0. The maximum absolute atomic E-state index is 14.1. The number of carbonyl (C=O) groups is 3. The van der Waals surface area contributed by atoms with E-state index in [0.29, 0.717) is 21.9 Å². The Bertz CT molecular complexity index is 2170. The number of thioether (sulfide) groups is 1. The average Bonchev–Trinajstić information content (AvgIpc) is 3.49. The van der Waals surface area contributed by atoms with Gasteiger partial charge in [0.25, 0.3) is 0 Å². The molecule has 6 rings (SSSR count). The van der Waals surface area contributed by atoms with Crippen LogP contribution in [0.25, 0.3) is 0 Å². The largest absolute Gasteiger partial charge is 0.493 e. The fourth-order valence-corrected chi connectivity index (χ4v) is 9.10. The van der Waals surface area contributed by atoms with E-state index in [2.05, 4.69) is 5.32 Å². The van der Waals surface area contributed by atoms with Gasteiger partial charge >= 0.3 is 11.0 Å². The number of sulfonamides is 1. The zero-order valence-corrected chi connectivity index (χ0v) is 27.8. The fourth-order valence-electron chi connectivity index (χ4n) is 5.81. The number of nitrogens with one attached hydrogen (secondary N) is 1. The molecule has 256 valence electrons. The standard InChI is InChI=1S/C31H25F3N4O8S3/c1-45-20-11-6-15(12-21(20)46-2)23-24-25(28(41)38(27(24)40)18-5-3-4-16(13-18)31(32,33)34)47-29-26(23)48-30(42)37(29)14-22(39)36-17-7-9-19(10-8-17)49(35,43)44/h3-13,23-25H,14H2,1-2H3,(H,36,39)(H2,35,43,44)/t23-,24-,25+/m0/s1. The number of nitrogens with two attached hydrogens (primary N) is 1. The molecule has 1 saturated heterocycles. The van der Waals surface area contributed by atoms with Crippen molar-refractivity contribution in [3.63, 3.8) is 0 Å². The third-order valence-electron chi connectivity index (χ3n) is 8.02. The summed E-state index contributed by atoms with van der Waals surface area (Å²) in [7, 11) is -1.13. The van der Waals surface area contributed by atoms with E-state index in [4.69, 9.17) is 14.6 Å². The van der Waals surface area contributed by atoms with Gasteiger partial charge in [0.05, 0.1) is 41.3 Å². The van der Waals surface area contributed by atoms with Gasteiger partial charge in [-0.05, 0) is 60.2 Å². The quantitative estimate of drug-likeness (QED) is 0.254. The van der Waals surface area contributed by atoms with Crippen molar-refractivity contribution in [2.45, 2.75) is 33.8 Å². The minimum absolute atomic E-state index is 0.171. The minimum Gasteiger partial charge on any atom is -0.493 e. The van der Waals surface area contributed by atoms with Gasteiger partial charge in [0.2, 0.25) is 27.7 Å². The highest BCUT2D eigenvalue weighted by atomic mass is 32.2. The molecule has 3 N–H and O–H groups in total. The first-order valence-corrected chi connectivity index (χ1v) is 17.5. The third kappa shape index (κ3) is 6.31. The Morgan fingerprint density at radius 3 is 2.29 bits per heavy atom. The molecule has 3 atom stereocenters. The number of anilines is 2. The number of hydrogen-bond donors (Lipinski definition) is 2. The van der Waals surface area contributed by atoms with Crippen molar-refractivity contribution < 1.29 is 45.4 Å². The van der Waals surface area contributed by atoms with E-state index in [9.17, 15) is 40.8 Å². The molecule has 1 aromatic heterocycles. The number of amides is 3. The zero-order valence-electron chi connectivity index (χ0n) is 25.4. The van der Waals surface area contributed by atoms with Gasteiger partial charge in [0, 0.05) is 16.5 Å². The Morgan fingerprint density at radius 1 is 0.959 bits per heavy atom. The second kappa shape index (κ2) is 12.7. The van der Waals surface area contributed by atoms with Gasteiger partial charge in [-0.15, -0.1) is 0 Å². The van der Waals surface area contributed by atoms with Crippen LogP contribution < -0.4 is 29.7 Å². The second-order valence-corrected chi connectivity index (χ2v) is 14.6. The molecule has 12 nitrogen and oxygen atoms in total. The van der Waals surface area contributed by atoms with E-state index in [-0.39, 0.29) is 21.3 Å². The fraction of sp³-hybridized carbons (Fsp3) is 0.226. The topological polar surface area (TPSA) is 167 Å². The molecule has 0 bridgehead atoms. The number of benzene rings is 3. The van der Waals surface area contributed by atoms with Crippen LogP contribution in [0.5, 0.6) is 11.5 Å². The number of ether oxygens (including phenoxy) is 2. The van der Waals surface area contributed by atoms with Crippen LogP contribution in [0, 0.1) is 5.92 Å². The highest BCUT2D eigenvalue weighted by Gasteiger charge is 2.57. The van der Waals surface area contributed by atoms with E-state index < -0.39 is 68.0 Å². The zero-order chi connectivity index (χ0) is 35.4. The summed E-state index contributed by atoms with van der Waals surface area (Å²) in [6, 6.07) is 13.8. The maximum atomic E-state index is 14.1. The van der Waals surface area contributed by atoms with Gasteiger partial charge in [-0.2, -0.15) is 13.2 Å². The number of fused-ring (bicyclic) bond motifs is 2. The number of aromatic nitrogens is 1. The summed E-state index contributed by atoms with van der Waals surface area (Å²) in [5, 5.41) is 6.78. The van der Waals surface area contributed by atoms with Crippen molar-refractivity contribution in [2.75, 3.05) is 24.4 Å². The summed E-state index contributed by atoms with van der Waals surface area (Å²) >= 11 is 1.66. The summed E-state index contributed by atoms with van der Waals surface area (Å²) in [4.78, 5) is 55.0. The van der Waals surface area contributed by atoms with Crippen LogP contribution in [0.1, 0.15) is 21.9 Å². The molecule has 0 aliphatic carbocycles. The van der Waals surface area contributed by atoms with Gasteiger partial charge < -0.3 is 14.8 Å². The second-order valence-electron chi connectivity index (χ2n) is 11.0. The number of hydrogen-bond acceptors (Lipinski definition) is 10. The van der Waals surface area contributed by atoms with Crippen molar-refractivity contribution in [2.24, 2.45) is 11.1 Å². The van der Waals surface area contributed by atoms with Gasteiger partial charge in [-0.1, -0.05) is 35.2 Å². The Kier molecular flexibility index (Phi) is 8.85. The molecule has 0 radical (unpaired) electrons. The first kappa shape index (κ1) is 34.2. The summed E-state index contributed by atoms with van der Waals surface area (Å²) in [5.74, 6) is -3.58. The van der Waals surface area contributed by atoms with Crippen LogP contribution >= 0.6 is 23.1 Å². The first-order valence-electron chi connectivity index (χ1n) is 14.2. The van der Waals surface area contributed by atoms with Crippen LogP contribution in [0.4, 0.5) is 24.5 Å². The molecule has 18 heteroatoms. The van der Waals surface area contributed by atoms with Crippen molar-refractivity contribution in [1.29, 1.82) is 0 Å². The predicted octanol–water partition coefficient (Wildman–Crippen LogP) is 4.03. The molecular formula is C31H25F3N4O8S3. The van der Waals surface area contributed by atoms with Crippen LogP contribution in [0.2, 0.25) is 0 Å². The Morgan fingerprint density at radius 2 is 1.65 bits per heavy atom. The van der Waals surface area contributed by atoms with Gasteiger partial charge in [-0.25, -0.2) is 18.5 Å². The SMILES string of the molecule is COc1ccc([C@@H]2c3sc(=O)n(CC(=O)Nc4ccc(S(N)(=O)=O)cc4)c3S[C@H]3C(=O)N(c4cccc(C(F)(F)F)c4)C(=O)[C@@H]23)cc1OC. The number of alkyl halides is 3. The number of nitrogens with zero attached hydrogens (tertiary/aromatic N) is 2. The number of carbonyl (C=O) groups excluding carboxylic acids is 3. The number of halogens is 3. The van der Waals surface area contributed by atoms with Crippen LogP contribution in [0.3, 0.4) is 0 Å². The Balaban J connectivity index is 1.41. The minimum atomic E-state index is -4.73.